The minimum Gasteiger partial charge on any atom is -0.327 e. The highest BCUT2D eigenvalue weighted by Gasteiger charge is 2.52. The molecule has 150 valence electrons. The maximum Gasteiger partial charge on any atom is 0.419 e. The summed E-state index contributed by atoms with van der Waals surface area (Å²) in [6.45, 7) is 2.15. The number of benzene rings is 1. The van der Waals surface area contributed by atoms with Gasteiger partial charge in [-0.25, -0.2) is 4.39 Å². The predicted octanol–water partition coefficient (Wildman–Crippen LogP) is 4.96. The molecule has 0 aliphatic heterocycles. The molecular formula is C20H26F4N2O. The Kier molecular flexibility index (Phi) is 5.79. The van der Waals surface area contributed by atoms with Crippen LogP contribution in [0, 0.1) is 29.5 Å². The van der Waals surface area contributed by atoms with Crippen LogP contribution in [0.4, 0.5) is 23.2 Å². The fourth-order valence-electron chi connectivity index (χ4n) is 5.14. The molecule has 1 amide bonds. The second-order valence-corrected chi connectivity index (χ2v) is 7.90. The lowest BCUT2D eigenvalue weighted by atomic mass is 9.82. The summed E-state index contributed by atoms with van der Waals surface area (Å²) in [6.07, 6.45) is 0.977. The molecule has 0 saturated heterocycles. The van der Waals surface area contributed by atoms with Crippen molar-refractivity contribution in [1.82, 2.24) is 0 Å². The van der Waals surface area contributed by atoms with E-state index >= 15 is 0 Å². The van der Waals surface area contributed by atoms with Crippen molar-refractivity contribution in [2.45, 2.75) is 57.7 Å². The first kappa shape index (κ1) is 20.1. The summed E-state index contributed by atoms with van der Waals surface area (Å²) in [5.74, 6) is -0.233. The van der Waals surface area contributed by atoms with Gasteiger partial charge in [0, 0.05) is 18.2 Å². The smallest absolute Gasteiger partial charge is 0.327 e. The van der Waals surface area contributed by atoms with Gasteiger partial charge >= 0.3 is 6.18 Å². The molecule has 2 fully saturated rings. The van der Waals surface area contributed by atoms with E-state index in [2.05, 4.69) is 12.2 Å². The Morgan fingerprint density at radius 2 is 1.93 bits per heavy atom. The minimum atomic E-state index is -4.80. The van der Waals surface area contributed by atoms with E-state index in [1.807, 2.05) is 0 Å². The molecule has 1 unspecified atom stereocenters. The number of carbonyl (C=O) groups excluding carboxylic acids is 1. The number of fused-ring (bicyclic) bond motifs is 2. The van der Waals surface area contributed by atoms with Crippen molar-refractivity contribution in [2.75, 3.05) is 5.32 Å². The average Bonchev–Trinajstić information content (AvgIpc) is 3.10. The van der Waals surface area contributed by atoms with Gasteiger partial charge in [0.2, 0.25) is 5.91 Å². The second kappa shape index (κ2) is 7.78. The lowest BCUT2D eigenvalue weighted by Crippen LogP contribution is -2.37. The van der Waals surface area contributed by atoms with E-state index in [0.29, 0.717) is 23.8 Å². The van der Waals surface area contributed by atoms with Gasteiger partial charge in [0.15, 0.2) is 0 Å². The van der Waals surface area contributed by atoms with E-state index in [0.717, 1.165) is 44.2 Å². The maximum absolute atomic E-state index is 13.4. The van der Waals surface area contributed by atoms with E-state index in [-0.39, 0.29) is 30.0 Å². The molecule has 2 aliphatic rings. The molecule has 0 heterocycles. The van der Waals surface area contributed by atoms with Gasteiger partial charge < -0.3 is 11.1 Å². The molecule has 2 aliphatic carbocycles. The number of hydrogen-bond donors (Lipinski definition) is 2. The molecular weight excluding hydrogens is 360 g/mol. The van der Waals surface area contributed by atoms with E-state index in [1.54, 1.807) is 0 Å². The fraction of sp³-hybridized carbons (Fsp3) is 0.650. The fourth-order valence-corrected chi connectivity index (χ4v) is 5.14. The SMILES string of the molecule is CCCCC1[C@H]2CC[C@@H]1[C@H](CC(=O)Nc1ccc(F)c(C(F)(F)F)c1)[C@@H]2N. The number of carbonyl (C=O) groups is 1. The van der Waals surface area contributed by atoms with Crippen molar-refractivity contribution in [3.05, 3.63) is 29.6 Å². The van der Waals surface area contributed by atoms with Crippen LogP contribution in [0.5, 0.6) is 0 Å². The third-order valence-corrected chi connectivity index (χ3v) is 6.34. The maximum atomic E-state index is 13.4. The molecule has 3 nitrogen and oxygen atoms in total. The number of amides is 1. The molecule has 27 heavy (non-hydrogen) atoms. The van der Waals surface area contributed by atoms with Gasteiger partial charge in [-0.15, -0.1) is 0 Å². The van der Waals surface area contributed by atoms with Gasteiger partial charge in [-0.3, -0.25) is 4.79 Å². The van der Waals surface area contributed by atoms with Crippen LogP contribution in [0.1, 0.15) is 51.0 Å². The molecule has 3 N–H and O–H groups in total. The molecule has 0 spiro atoms. The zero-order valence-corrected chi connectivity index (χ0v) is 15.4. The van der Waals surface area contributed by atoms with Crippen LogP contribution in [0.3, 0.4) is 0 Å². The summed E-state index contributed by atoms with van der Waals surface area (Å²) in [4.78, 5) is 12.4. The Morgan fingerprint density at radius 3 is 2.59 bits per heavy atom. The van der Waals surface area contributed by atoms with E-state index in [1.165, 1.54) is 0 Å². The van der Waals surface area contributed by atoms with Crippen LogP contribution >= 0.6 is 0 Å². The molecule has 1 aromatic rings. The van der Waals surface area contributed by atoms with Crippen LogP contribution in [0.25, 0.3) is 0 Å². The number of nitrogens with two attached hydrogens (primary N) is 1. The summed E-state index contributed by atoms with van der Waals surface area (Å²) in [7, 11) is 0. The van der Waals surface area contributed by atoms with Gasteiger partial charge in [0.25, 0.3) is 0 Å². The second-order valence-electron chi connectivity index (χ2n) is 7.90. The Labute approximate surface area is 156 Å². The molecule has 0 aromatic heterocycles. The normalized spacial score (nSPS) is 29.9. The molecule has 1 aromatic carbocycles. The van der Waals surface area contributed by atoms with Crippen LogP contribution in [-0.2, 0) is 11.0 Å². The summed E-state index contributed by atoms with van der Waals surface area (Å²) >= 11 is 0. The molecule has 3 rings (SSSR count). The number of hydrogen-bond acceptors (Lipinski definition) is 2. The number of alkyl halides is 3. The molecule has 5 atom stereocenters. The van der Waals surface area contributed by atoms with Gasteiger partial charge in [0.05, 0.1) is 5.56 Å². The predicted molar refractivity (Wildman–Crippen MR) is 95.3 cm³/mol. The van der Waals surface area contributed by atoms with Crippen molar-refractivity contribution in [3.8, 4) is 0 Å². The highest BCUT2D eigenvalue weighted by Crippen LogP contribution is 2.54. The third-order valence-electron chi connectivity index (χ3n) is 6.34. The first-order valence-electron chi connectivity index (χ1n) is 9.64. The van der Waals surface area contributed by atoms with Crippen molar-refractivity contribution in [2.24, 2.45) is 29.4 Å². The summed E-state index contributed by atoms with van der Waals surface area (Å²) < 4.78 is 51.8. The Hall–Kier alpha value is -1.63. The zero-order chi connectivity index (χ0) is 19.8. The first-order valence-corrected chi connectivity index (χ1v) is 9.64. The third kappa shape index (κ3) is 4.13. The van der Waals surface area contributed by atoms with Gasteiger partial charge in [-0.05, 0) is 61.1 Å². The molecule has 2 saturated carbocycles. The number of nitrogens with one attached hydrogen (secondary N) is 1. The topological polar surface area (TPSA) is 55.1 Å². The van der Waals surface area contributed by atoms with Gasteiger partial charge in [0.1, 0.15) is 5.82 Å². The van der Waals surface area contributed by atoms with Gasteiger partial charge in [-0.1, -0.05) is 19.8 Å². The summed E-state index contributed by atoms with van der Waals surface area (Å²) in [6, 6.07) is 2.48. The zero-order valence-electron chi connectivity index (χ0n) is 15.4. The number of unbranched alkanes of at least 4 members (excludes halogenated alkanes) is 1. The van der Waals surface area contributed by atoms with Crippen molar-refractivity contribution < 1.29 is 22.4 Å². The standard InChI is InChI=1S/C20H26F4N2O/c1-2-3-4-12-13-6-7-14(12)19(25)15(13)10-18(27)26-11-5-8-17(21)16(9-11)20(22,23)24/h5,8-9,12-15,19H,2-4,6-7,10,25H2,1H3,(H,26,27)/t12?,13-,14+,15-,19+/m0/s1. The quantitative estimate of drug-likeness (QED) is 0.679. The summed E-state index contributed by atoms with van der Waals surface area (Å²) in [5, 5.41) is 2.49. The van der Waals surface area contributed by atoms with Crippen LogP contribution in [0.2, 0.25) is 0 Å². The largest absolute Gasteiger partial charge is 0.419 e. The first-order chi connectivity index (χ1) is 12.7. The minimum absolute atomic E-state index is 0.0321. The van der Waals surface area contributed by atoms with Crippen molar-refractivity contribution in [1.29, 1.82) is 0 Å². The number of anilines is 1. The molecule has 0 radical (unpaired) electrons. The Balaban J connectivity index is 1.65. The van der Waals surface area contributed by atoms with Crippen LogP contribution in [0.15, 0.2) is 18.2 Å². The van der Waals surface area contributed by atoms with E-state index in [4.69, 9.17) is 5.73 Å². The van der Waals surface area contributed by atoms with Crippen molar-refractivity contribution in [3.63, 3.8) is 0 Å². The Bertz CT molecular complexity index is 691. The van der Waals surface area contributed by atoms with E-state index < -0.39 is 17.6 Å². The summed E-state index contributed by atoms with van der Waals surface area (Å²) in [5.41, 5.74) is 4.96. The van der Waals surface area contributed by atoms with E-state index in [9.17, 15) is 22.4 Å². The number of rotatable bonds is 6. The average molecular weight is 386 g/mol. The van der Waals surface area contributed by atoms with Gasteiger partial charge in [-0.2, -0.15) is 13.2 Å². The number of halogens is 4. The molecule has 7 heteroatoms. The Morgan fingerprint density at radius 1 is 1.22 bits per heavy atom. The highest BCUT2D eigenvalue weighted by molar-refractivity contribution is 5.91. The molecule has 2 bridgehead atoms. The highest BCUT2D eigenvalue weighted by atomic mass is 19.4. The van der Waals surface area contributed by atoms with Crippen LogP contribution < -0.4 is 11.1 Å². The lowest BCUT2D eigenvalue weighted by molar-refractivity contribution is -0.140. The van der Waals surface area contributed by atoms with Crippen molar-refractivity contribution >= 4 is 11.6 Å². The van der Waals surface area contributed by atoms with Crippen LogP contribution in [-0.4, -0.2) is 11.9 Å². The lowest BCUT2D eigenvalue weighted by Gasteiger charge is -2.27. The monoisotopic (exact) mass is 386 g/mol.